The van der Waals surface area contributed by atoms with Gasteiger partial charge in [0.25, 0.3) is 0 Å². The van der Waals surface area contributed by atoms with Crippen LogP contribution in [0.25, 0.3) is 0 Å². The van der Waals surface area contributed by atoms with Crippen LogP contribution in [0.3, 0.4) is 0 Å². The van der Waals surface area contributed by atoms with Crippen molar-refractivity contribution in [2.75, 3.05) is 41.8 Å². The monoisotopic (exact) mass is 381 g/mol. The molecule has 0 saturated carbocycles. The smallest absolute Gasteiger partial charge is 0.378 e. The van der Waals surface area contributed by atoms with Crippen molar-refractivity contribution < 1.29 is 22.7 Å². The molecule has 10 heteroatoms. The van der Waals surface area contributed by atoms with Crippen molar-refractivity contribution in [1.82, 2.24) is 10.2 Å². The normalized spacial score (nSPS) is 14.7. The highest BCUT2D eigenvalue weighted by Gasteiger charge is 2.31. The third-order valence-corrected chi connectivity index (χ3v) is 3.82. The van der Waals surface area contributed by atoms with E-state index in [-0.39, 0.29) is 5.69 Å². The molecule has 3 rings (SSSR count). The second-order valence-electron chi connectivity index (χ2n) is 5.94. The molecular formula is C17H18F3N5O2. The number of aromatic nitrogens is 2. The van der Waals surface area contributed by atoms with Crippen molar-refractivity contribution in [3.63, 3.8) is 0 Å². The fraction of sp³-hybridized carbons (Fsp3) is 0.353. The topological polar surface area (TPSA) is 79.4 Å². The Morgan fingerprint density at radius 3 is 2.48 bits per heavy atom. The molecule has 1 aliphatic rings. The minimum Gasteiger partial charge on any atom is -0.378 e. The molecule has 1 fully saturated rings. The highest BCUT2D eigenvalue weighted by molar-refractivity contribution is 5.91. The first-order valence-electron chi connectivity index (χ1n) is 8.28. The second kappa shape index (κ2) is 8.21. The molecule has 2 heterocycles. The maximum Gasteiger partial charge on any atom is 0.397 e. The van der Waals surface area contributed by atoms with Gasteiger partial charge in [-0.15, -0.1) is 5.10 Å². The molecule has 27 heavy (non-hydrogen) atoms. The zero-order valence-corrected chi connectivity index (χ0v) is 14.3. The fourth-order valence-electron chi connectivity index (χ4n) is 2.58. The zero-order chi connectivity index (χ0) is 19.3. The van der Waals surface area contributed by atoms with Gasteiger partial charge in [0, 0.05) is 30.5 Å². The van der Waals surface area contributed by atoms with Crippen LogP contribution in [0.5, 0.6) is 0 Å². The molecule has 0 atom stereocenters. The maximum absolute atomic E-state index is 12.2. The van der Waals surface area contributed by atoms with Crippen molar-refractivity contribution in [2.24, 2.45) is 0 Å². The van der Waals surface area contributed by atoms with E-state index in [1.807, 2.05) is 6.07 Å². The Kier molecular flexibility index (Phi) is 5.75. The fourth-order valence-corrected chi connectivity index (χ4v) is 2.58. The van der Waals surface area contributed by atoms with Crippen LogP contribution in [0, 0.1) is 0 Å². The lowest BCUT2D eigenvalue weighted by atomic mass is 10.2. The Morgan fingerprint density at radius 1 is 1.15 bits per heavy atom. The van der Waals surface area contributed by atoms with Gasteiger partial charge in [0.2, 0.25) is 5.91 Å². The lowest BCUT2D eigenvalue weighted by Gasteiger charge is -2.28. The molecule has 7 nitrogen and oxygen atoms in total. The van der Waals surface area contributed by atoms with Gasteiger partial charge in [-0.25, -0.2) is 0 Å². The Morgan fingerprint density at radius 2 is 1.81 bits per heavy atom. The van der Waals surface area contributed by atoms with Gasteiger partial charge < -0.3 is 20.3 Å². The first-order valence-corrected chi connectivity index (χ1v) is 8.28. The molecule has 0 aliphatic carbocycles. The molecular weight excluding hydrogens is 363 g/mol. The van der Waals surface area contributed by atoms with Crippen molar-refractivity contribution in [2.45, 2.75) is 12.6 Å². The van der Waals surface area contributed by atoms with E-state index in [1.165, 1.54) is 12.1 Å². The third-order valence-electron chi connectivity index (χ3n) is 3.82. The number of carbonyl (C=O) groups is 1. The van der Waals surface area contributed by atoms with E-state index >= 15 is 0 Å². The first kappa shape index (κ1) is 18.9. The highest BCUT2D eigenvalue weighted by atomic mass is 19.4. The van der Waals surface area contributed by atoms with Crippen molar-refractivity contribution in [1.29, 1.82) is 0 Å². The van der Waals surface area contributed by atoms with Crippen molar-refractivity contribution in [3.05, 3.63) is 36.5 Å². The molecule has 0 bridgehead atoms. The number of morpholine rings is 1. The maximum atomic E-state index is 12.2. The molecule has 144 valence electrons. The molecule has 0 unspecified atom stereocenters. The Bertz CT molecular complexity index is 777. The zero-order valence-electron chi connectivity index (χ0n) is 14.3. The number of hydrogen-bond acceptors (Lipinski definition) is 6. The summed E-state index contributed by atoms with van der Waals surface area (Å²) >= 11 is 0. The van der Waals surface area contributed by atoms with E-state index in [0.717, 1.165) is 18.8 Å². The summed E-state index contributed by atoms with van der Waals surface area (Å²) in [4.78, 5) is 13.5. The van der Waals surface area contributed by atoms with Gasteiger partial charge >= 0.3 is 6.18 Å². The minimum atomic E-state index is -4.53. The third kappa shape index (κ3) is 5.81. The van der Waals surface area contributed by atoms with Gasteiger partial charge in [0.05, 0.1) is 25.1 Å². The summed E-state index contributed by atoms with van der Waals surface area (Å²) in [6.07, 6.45) is -4.37. The van der Waals surface area contributed by atoms with E-state index in [2.05, 4.69) is 25.7 Å². The van der Waals surface area contributed by atoms with E-state index < -0.39 is 18.5 Å². The lowest BCUT2D eigenvalue weighted by molar-refractivity contribution is -0.150. The van der Waals surface area contributed by atoms with E-state index in [9.17, 15) is 18.0 Å². The van der Waals surface area contributed by atoms with Crippen LogP contribution < -0.4 is 15.5 Å². The van der Waals surface area contributed by atoms with E-state index in [4.69, 9.17) is 4.74 Å². The van der Waals surface area contributed by atoms with Crippen LogP contribution in [0.2, 0.25) is 0 Å². The summed E-state index contributed by atoms with van der Waals surface area (Å²) in [6, 6.07) is 8.14. The molecule has 1 saturated heterocycles. The molecule has 1 amide bonds. The van der Waals surface area contributed by atoms with E-state index in [0.29, 0.717) is 24.7 Å². The van der Waals surface area contributed by atoms with Gasteiger partial charge in [-0.1, -0.05) is 0 Å². The standard InChI is InChI=1S/C17H18F3N5O2/c18-17(19,20)10-16(26)23-13-3-1-12(2-4-13)22-15-9-14(11-21-24-15)25-5-7-27-8-6-25/h1-4,9,11H,5-8,10H2,(H,22,24)(H,23,26). The van der Waals surface area contributed by atoms with Crippen LogP contribution in [-0.4, -0.2) is 48.6 Å². The molecule has 1 aromatic heterocycles. The number of rotatable bonds is 5. The van der Waals surface area contributed by atoms with E-state index in [1.54, 1.807) is 18.3 Å². The average molecular weight is 381 g/mol. The second-order valence-corrected chi connectivity index (χ2v) is 5.94. The summed E-state index contributed by atoms with van der Waals surface area (Å²) < 4.78 is 41.9. The summed E-state index contributed by atoms with van der Waals surface area (Å²) in [6.45, 7) is 2.87. The van der Waals surface area contributed by atoms with Crippen LogP contribution in [-0.2, 0) is 9.53 Å². The van der Waals surface area contributed by atoms with Gasteiger partial charge in [-0.05, 0) is 24.3 Å². The van der Waals surface area contributed by atoms with Crippen LogP contribution in [0.15, 0.2) is 36.5 Å². The van der Waals surface area contributed by atoms with Crippen LogP contribution in [0.1, 0.15) is 6.42 Å². The molecule has 2 N–H and O–H groups in total. The lowest BCUT2D eigenvalue weighted by Crippen LogP contribution is -2.36. The van der Waals surface area contributed by atoms with Crippen LogP contribution in [0.4, 0.5) is 36.1 Å². The Balaban J connectivity index is 1.60. The molecule has 2 aromatic rings. The number of alkyl halides is 3. The number of ether oxygens (including phenoxy) is 1. The summed E-state index contributed by atoms with van der Waals surface area (Å²) in [5.74, 6) is -0.569. The largest absolute Gasteiger partial charge is 0.397 e. The average Bonchev–Trinajstić information content (AvgIpc) is 2.63. The first-order chi connectivity index (χ1) is 12.9. The summed E-state index contributed by atoms with van der Waals surface area (Å²) in [5, 5.41) is 13.3. The van der Waals surface area contributed by atoms with Gasteiger partial charge in [0.1, 0.15) is 6.42 Å². The highest BCUT2D eigenvalue weighted by Crippen LogP contribution is 2.23. The van der Waals surface area contributed by atoms with Gasteiger partial charge in [-0.2, -0.15) is 18.3 Å². The van der Waals surface area contributed by atoms with Crippen molar-refractivity contribution in [3.8, 4) is 0 Å². The number of hydrogen-bond donors (Lipinski definition) is 2. The number of benzene rings is 1. The Labute approximate surface area is 153 Å². The van der Waals surface area contributed by atoms with Crippen LogP contribution >= 0.6 is 0 Å². The summed E-state index contributed by atoms with van der Waals surface area (Å²) in [5.41, 5.74) is 1.87. The van der Waals surface area contributed by atoms with Gasteiger partial charge in [0.15, 0.2) is 5.82 Å². The number of nitrogens with one attached hydrogen (secondary N) is 2. The number of anilines is 4. The molecule has 0 spiro atoms. The summed E-state index contributed by atoms with van der Waals surface area (Å²) in [7, 11) is 0. The number of carbonyl (C=O) groups excluding carboxylic acids is 1. The predicted molar refractivity (Wildman–Crippen MR) is 94.1 cm³/mol. The molecule has 1 aliphatic heterocycles. The number of nitrogens with zero attached hydrogens (tertiary/aromatic N) is 3. The minimum absolute atomic E-state index is 0.281. The Hall–Kier alpha value is -2.88. The number of halogens is 3. The van der Waals surface area contributed by atoms with Crippen molar-refractivity contribution >= 4 is 28.8 Å². The number of amides is 1. The predicted octanol–water partition coefficient (Wildman–Crippen LogP) is 2.95. The molecule has 0 radical (unpaired) electrons. The SMILES string of the molecule is O=C(CC(F)(F)F)Nc1ccc(Nc2cc(N3CCOCC3)cnn2)cc1. The van der Waals surface area contributed by atoms with Gasteiger partial charge in [-0.3, -0.25) is 4.79 Å². The molecule has 1 aromatic carbocycles. The quantitative estimate of drug-likeness (QED) is 0.829.